The van der Waals surface area contributed by atoms with Crippen LogP contribution in [-0.4, -0.2) is 44.3 Å². The molecule has 1 fully saturated rings. The van der Waals surface area contributed by atoms with E-state index in [-0.39, 0.29) is 12.7 Å². The molecule has 0 atom stereocenters. The summed E-state index contributed by atoms with van der Waals surface area (Å²) >= 11 is 0. The average molecular weight is 390 g/mol. The Morgan fingerprint density at radius 1 is 0.759 bits per heavy atom. The Balaban J connectivity index is 1.53. The maximum Gasteiger partial charge on any atom is 0.102 e. The van der Waals surface area contributed by atoms with Crippen molar-refractivity contribution in [2.45, 2.75) is 6.04 Å². The summed E-state index contributed by atoms with van der Waals surface area (Å²) in [5, 5.41) is 3.73. The molecule has 3 aromatic carbocycles. The van der Waals surface area contributed by atoms with Gasteiger partial charge in [-0.25, -0.2) is 4.39 Å². The van der Waals surface area contributed by atoms with Crippen LogP contribution in [0.2, 0.25) is 0 Å². The molecule has 0 aliphatic carbocycles. The molecule has 1 N–H and O–H groups in total. The molecular formula is C25H28FN3. The minimum atomic E-state index is -0.264. The maximum atomic E-state index is 12.6. The van der Waals surface area contributed by atoms with E-state index >= 15 is 0 Å². The van der Waals surface area contributed by atoms with Gasteiger partial charge >= 0.3 is 0 Å². The van der Waals surface area contributed by atoms with Crippen LogP contribution in [0.1, 0.15) is 17.2 Å². The second kappa shape index (κ2) is 9.57. The molecule has 0 bridgehead atoms. The lowest BCUT2D eigenvalue weighted by Crippen LogP contribution is -2.47. The number of hydrogen-bond donors (Lipinski definition) is 1. The number of anilines is 2. The fourth-order valence-electron chi connectivity index (χ4n) is 3.96. The first-order chi connectivity index (χ1) is 14.3. The van der Waals surface area contributed by atoms with E-state index in [4.69, 9.17) is 0 Å². The Morgan fingerprint density at radius 2 is 1.38 bits per heavy atom. The van der Waals surface area contributed by atoms with Crippen molar-refractivity contribution in [2.24, 2.45) is 0 Å². The van der Waals surface area contributed by atoms with Gasteiger partial charge in [0.2, 0.25) is 0 Å². The van der Waals surface area contributed by atoms with Crippen LogP contribution in [0.3, 0.4) is 0 Å². The summed E-state index contributed by atoms with van der Waals surface area (Å²) in [6.07, 6.45) is 0. The number of nitrogens with zero attached hydrogens (tertiary/aromatic N) is 2. The van der Waals surface area contributed by atoms with Gasteiger partial charge in [-0.05, 0) is 29.3 Å². The number of hydrogen-bond acceptors (Lipinski definition) is 3. The van der Waals surface area contributed by atoms with Crippen molar-refractivity contribution in [3.8, 4) is 0 Å². The van der Waals surface area contributed by atoms with Crippen molar-refractivity contribution in [2.75, 3.05) is 49.6 Å². The highest BCUT2D eigenvalue weighted by atomic mass is 19.1. The molecule has 0 spiro atoms. The van der Waals surface area contributed by atoms with Crippen LogP contribution in [0.4, 0.5) is 15.8 Å². The van der Waals surface area contributed by atoms with E-state index in [1.54, 1.807) is 0 Å². The SMILES string of the molecule is FCCN1CCN(c2cccc(NC(c3ccccc3)c3ccccc3)c2)CC1. The van der Waals surface area contributed by atoms with E-state index in [0.29, 0.717) is 6.54 Å². The van der Waals surface area contributed by atoms with Gasteiger partial charge in [-0.1, -0.05) is 66.7 Å². The summed E-state index contributed by atoms with van der Waals surface area (Å²) < 4.78 is 12.6. The second-order valence-electron chi connectivity index (χ2n) is 7.47. The maximum absolute atomic E-state index is 12.6. The van der Waals surface area contributed by atoms with Crippen LogP contribution >= 0.6 is 0 Å². The Kier molecular flexibility index (Phi) is 6.42. The van der Waals surface area contributed by atoms with Gasteiger partial charge in [0, 0.05) is 44.1 Å². The number of alkyl halides is 1. The highest BCUT2D eigenvalue weighted by Crippen LogP contribution is 2.29. The van der Waals surface area contributed by atoms with Crippen LogP contribution in [0.25, 0.3) is 0 Å². The van der Waals surface area contributed by atoms with Crippen molar-refractivity contribution in [1.29, 1.82) is 0 Å². The zero-order valence-electron chi connectivity index (χ0n) is 16.7. The van der Waals surface area contributed by atoms with Crippen molar-refractivity contribution < 1.29 is 4.39 Å². The summed E-state index contributed by atoms with van der Waals surface area (Å²) in [4.78, 5) is 4.58. The topological polar surface area (TPSA) is 18.5 Å². The number of halogens is 1. The molecule has 0 saturated carbocycles. The fraction of sp³-hybridized carbons (Fsp3) is 0.280. The summed E-state index contributed by atoms with van der Waals surface area (Å²) in [7, 11) is 0. The zero-order chi connectivity index (χ0) is 19.9. The number of nitrogens with one attached hydrogen (secondary N) is 1. The summed E-state index contributed by atoms with van der Waals surface area (Å²) in [6, 6.07) is 29.8. The Morgan fingerprint density at radius 3 is 1.97 bits per heavy atom. The molecule has 1 heterocycles. The van der Waals surface area contributed by atoms with Gasteiger partial charge in [-0.2, -0.15) is 0 Å². The molecule has 29 heavy (non-hydrogen) atoms. The minimum absolute atomic E-state index is 0.0917. The third kappa shape index (κ3) is 4.96. The van der Waals surface area contributed by atoms with Gasteiger partial charge in [0.15, 0.2) is 0 Å². The van der Waals surface area contributed by atoms with E-state index in [1.165, 1.54) is 16.8 Å². The van der Waals surface area contributed by atoms with Crippen LogP contribution in [0.15, 0.2) is 84.9 Å². The highest BCUT2D eigenvalue weighted by Gasteiger charge is 2.18. The molecule has 1 aliphatic rings. The molecule has 0 radical (unpaired) electrons. The first-order valence-corrected chi connectivity index (χ1v) is 10.3. The lowest BCUT2D eigenvalue weighted by atomic mass is 9.98. The lowest BCUT2D eigenvalue weighted by molar-refractivity contribution is 0.235. The Hall–Kier alpha value is -2.85. The summed E-state index contributed by atoms with van der Waals surface area (Å²) in [6.45, 7) is 3.98. The molecule has 1 saturated heterocycles. The minimum Gasteiger partial charge on any atom is -0.374 e. The Labute approximate surface area is 172 Å². The summed E-state index contributed by atoms with van der Waals surface area (Å²) in [5.74, 6) is 0. The molecule has 0 aromatic heterocycles. The zero-order valence-corrected chi connectivity index (χ0v) is 16.7. The normalized spacial score (nSPS) is 14.9. The monoisotopic (exact) mass is 389 g/mol. The lowest BCUT2D eigenvalue weighted by Gasteiger charge is -2.36. The van der Waals surface area contributed by atoms with Crippen molar-refractivity contribution >= 4 is 11.4 Å². The third-order valence-corrected chi connectivity index (χ3v) is 5.56. The highest BCUT2D eigenvalue weighted by molar-refractivity contribution is 5.60. The summed E-state index contributed by atoms with van der Waals surface area (Å²) in [5.41, 5.74) is 4.80. The van der Waals surface area contributed by atoms with Crippen LogP contribution in [-0.2, 0) is 0 Å². The molecule has 0 amide bonds. The smallest absolute Gasteiger partial charge is 0.102 e. The molecule has 1 aliphatic heterocycles. The van der Waals surface area contributed by atoms with Crippen LogP contribution in [0, 0.1) is 0 Å². The molecule has 150 valence electrons. The van der Waals surface area contributed by atoms with Crippen molar-refractivity contribution in [1.82, 2.24) is 4.90 Å². The number of benzene rings is 3. The molecular weight excluding hydrogens is 361 g/mol. The fourth-order valence-corrected chi connectivity index (χ4v) is 3.96. The van der Waals surface area contributed by atoms with Crippen molar-refractivity contribution in [3.05, 3.63) is 96.1 Å². The van der Waals surface area contributed by atoms with Gasteiger partial charge < -0.3 is 10.2 Å². The Bertz CT molecular complexity index is 837. The van der Waals surface area contributed by atoms with E-state index in [0.717, 1.165) is 31.9 Å². The van der Waals surface area contributed by atoms with Gasteiger partial charge in [-0.15, -0.1) is 0 Å². The standard InChI is InChI=1S/C25H28FN3/c26-14-15-28-16-18-29(19-17-28)24-13-7-12-23(20-24)27-25(21-8-3-1-4-9-21)22-10-5-2-6-11-22/h1-13,20,25,27H,14-19H2. The number of rotatable bonds is 7. The second-order valence-corrected chi connectivity index (χ2v) is 7.47. The van der Waals surface area contributed by atoms with E-state index in [1.807, 2.05) is 0 Å². The number of piperazine rings is 1. The molecule has 4 rings (SSSR count). The predicted molar refractivity (Wildman–Crippen MR) is 119 cm³/mol. The quantitative estimate of drug-likeness (QED) is 0.615. The van der Waals surface area contributed by atoms with Gasteiger partial charge in [0.25, 0.3) is 0 Å². The average Bonchev–Trinajstić information content (AvgIpc) is 2.80. The predicted octanol–water partition coefficient (Wildman–Crippen LogP) is 4.98. The largest absolute Gasteiger partial charge is 0.374 e. The molecule has 4 heteroatoms. The first-order valence-electron chi connectivity index (χ1n) is 10.3. The van der Waals surface area contributed by atoms with E-state index < -0.39 is 0 Å². The van der Waals surface area contributed by atoms with Crippen LogP contribution < -0.4 is 10.2 Å². The van der Waals surface area contributed by atoms with E-state index in [9.17, 15) is 4.39 Å². The first kappa shape index (κ1) is 19.5. The van der Waals surface area contributed by atoms with Gasteiger partial charge in [0.1, 0.15) is 6.67 Å². The van der Waals surface area contributed by atoms with Gasteiger partial charge in [-0.3, -0.25) is 4.90 Å². The molecule has 0 unspecified atom stereocenters. The third-order valence-electron chi connectivity index (χ3n) is 5.56. The molecule has 3 nitrogen and oxygen atoms in total. The van der Waals surface area contributed by atoms with Gasteiger partial charge in [0.05, 0.1) is 6.04 Å². The van der Waals surface area contributed by atoms with Crippen molar-refractivity contribution in [3.63, 3.8) is 0 Å². The van der Waals surface area contributed by atoms with E-state index in [2.05, 4.69) is 100 Å². The van der Waals surface area contributed by atoms with Crippen LogP contribution in [0.5, 0.6) is 0 Å². The molecule has 3 aromatic rings.